The first-order valence-corrected chi connectivity index (χ1v) is 5.64. The largest absolute Gasteiger partial charge is 0.300 e. The Hall–Kier alpha value is -1.85. The van der Waals surface area contributed by atoms with E-state index in [2.05, 4.69) is 11.2 Å². The van der Waals surface area contributed by atoms with Gasteiger partial charge in [0.05, 0.1) is 6.04 Å². The van der Waals surface area contributed by atoms with Crippen LogP contribution in [0.15, 0.2) is 36.4 Å². The molecule has 1 nitrogen and oxygen atoms in total. The van der Waals surface area contributed by atoms with Gasteiger partial charge in [0.2, 0.25) is 0 Å². The molecule has 2 aromatic carbocycles. The number of halogens is 1. The van der Waals surface area contributed by atoms with Crippen LogP contribution in [-0.2, 0) is 0 Å². The van der Waals surface area contributed by atoms with Gasteiger partial charge in [0.15, 0.2) is 0 Å². The van der Waals surface area contributed by atoms with Gasteiger partial charge < -0.3 is 5.32 Å². The Morgan fingerprint density at radius 3 is 2.59 bits per heavy atom. The number of fused-ring (bicyclic) bond motifs is 1. The van der Waals surface area contributed by atoms with Crippen LogP contribution in [0, 0.1) is 18.2 Å². The lowest BCUT2D eigenvalue weighted by Crippen LogP contribution is -2.19. The predicted octanol–water partition coefficient (Wildman–Crippen LogP) is 3.26. The molecule has 2 heteroatoms. The van der Waals surface area contributed by atoms with Crippen LogP contribution in [0.1, 0.15) is 18.5 Å². The molecule has 1 unspecified atom stereocenters. The van der Waals surface area contributed by atoms with Crippen LogP contribution in [0.2, 0.25) is 0 Å². The van der Waals surface area contributed by atoms with Gasteiger partial charge in [0, 0.05) is 5.39 Å². The fraction of sp³-hybridized carbons (Fsp3) is 0.200. The monoisotopic (exact) mass is 227 g/mol. The van der Waals surface area contributed by atoms with E-state index in [1.807, 2.05) is 25.1 Å². The zero-order valence-corrected chi connectivity index (χ0v) is 9.70. The Kier molecular flexibility index (Phi) is 3.41. The van der Waals surface area contributed by atoms with Crippen LogP contribution in [0.25, 0.3) is 10.8 Å². The van der Waals surface area contributed by atoms with E-state index >= 15 is 0 Å². The lowest BCUT2D eigenvalue weighted by Gasteiger charge is -2.14. The molecule has 2 rings (SSSR count). The average molecular weight is 227 g/mol. The zero-order chi connectivity index (χ0) is 12.3. The van der Waals surface area contributed by atoms with Gasteiger partial charge in [-0.3, -0.25) is 0 Å². The van der Waals surface area contributed by atoms with E-state index in [-0.39, 0.29) is 11.9 Å². The number of terminal acetylenes is 1. The summed E-state index contributed by atoms with van der Waals surface area (Å²) >= 11 is 0. The van der Waals surface area contributed by atoms with Crippen molar-refractivity contribution in [2.45, 2.75) is 13.0 Å². The molecule has 0 aliphatic heterocycles. The average Bonchev–Trinajstić information content (AvgIpc) is 2.37. The van der Waals surface area contributed by atoms with Gasteiger partial charge in [0.1, 0.15) is 5.82 Å². The Balaban J connectivity index is 2.62. The van der Waals surface area contributed by atoms with Crippen LogP contribution in [0.5, 0.6) is 0 Å². The lowest BCUT2D eigenvalue weighted by atomic mass is 9.98. The van der Waals surface area contributed by atoms with Crippen molar-refractivity contribution in [2.24, 2.45) is 0 Å². The molecular formula is C15H14FN. The highest BCUT2D eigenvalue weighted by atomic mass is 19.1. The molecular weight excluding hydrogens is 213 g/mol. The fourth-order valence-electron chi connectivity index (χ4n) is 2.00. The SMILES string of the molecule is C#CC(NCC)c1ccc(F)c2ccccc12. The van der Waals surface area contributed by atoms with E-state index in [1.54, 1.807) is 12.1 Å². The normalized spacial score (nSPS) is 12.3. The van der Waals surface area contributed by atoms with Gasteiger partial charge in [-0.2, -0.15) is 0 Å². The molecule has 0 spiro atoms. The first kappa shape index (κ1) is 11.6. The molecule has 0 aromatic heterocycles. The third-order valence-corrected chi connectivity index (χ3v) is 2.79. The van der Waals surface area contributed by atoms with E-state index < -0.39 is 0 Å². The molecule has 0 aliphatic rings. The first-order chi connectivity index (χ1) is 8.27. The van der Waals surface area contributed by atoms with Crippen molar-refractivity contribution in [3.63, 3.8) is 0 Å². The smallest absolute Gasteiger partial charge is 0.131 e. The minimum Gasteiger partial charge on any atom is -0.300 e. The van der Waals surface area contributed by atoms with Crippen molar-refractivity contribution >= 4 is 10.8 Å². The van der Waals surface area contributed by atoms with E-state index in [0.717, 1.165) is 17.5 Å². The lowest BCUT2D eigenvalue weighted by molar-refractivity contribution is 0.635. The summed E-state index contributed by atoms with van der Waals surface area (Å²) in [6.07, 6.45) is 5.51. The summed E-state index contributed by atoms with van der Waals surface area (Å²) < 4.78 is 13.6. The van der Waals surface area contributed by atoms with E-state index in [0.29, 0.717) is 5.39 Å². The first-order valence-electron chi connectivity index (χ1n) is 5.64. The summed E-state index contributed by atoms with van der Waals surface area (Å²) in [4.78, 5) is 0. The number of hydrogen-bond donors (Lipinski definition) is 1. The predicted molar refractivity (Wildman–Crippen MR) is 69.2 cm³/mol. The molecule has 0 saturated heterocycles. The molecule has 0 bridgehead atoms. The molecule has 0 heterocycles. The molecule has 0 amide bonds. The molecule has 1 atom stereocenters. The third-order valence-electron chi connectivity index (χ3n) is 2.79. The number of benzene rings is 2. The Bertz CT molecular complexity index is 569. The summed E-state index contributed by atoms with van der Waals surface area (Å²) in [7, 11) is 0. The maximum absolute atomic E-state index is 13.6. The van der Waals surface area contributed by atoms with E-state index in [4.69, 9.17) is 6.42 Å². The molecule has 2 aromatic rings. The van der Waals surface area contributed by atoms with Crippen LogP contribution < -0.4 is 5.32 Å². The standard InChI is InChI=1S/C15H14FN/c1-3-15(17-4-2)13-9-10-14(16)12-8-6-5-7-11(12)13/h1,5-10,15,17H,4H2,2H3. The zero-order valence-electron chi connectivity index (χ0n) is 9.70. The van der Waals surface area contributed by atoms with Gasteiger partial charge in [0.25, 0.3) is 0 Å². The van der Waals surface area contributed by atoms with Crippen LogP contribution >= 0.6 is 0 Å². The second-order valence-corrected chi connectivity index (χ2v) is 3.84. The molecule has 0 radical (unpaired) electrons. The summed E-state index contributed by atoms with van der Waals surface area (Å²) in [5, 5.41) is 4.69. The van der Waals surface area contributed by atoms with Gasteiger partial charge in [-0.05, 0) is 23.6 Å². The van der Waals surface area contributed by atoms with Crippen molar-refractivity contribution < 1.29 is 4.39 Å². The number of rotatable bonds is 3. The molecule has 0 saturated carbocycles. The molecule has 86 valence electrons. The number of hydrogen-bond acceptors (Lipinski definition) is 1. The van der Waals surface area contributed by atoms with Crippen molar-refractivity contribution in [3.8, 4) is 12.3 Å². The van der Waals surface area contributed by atoms with Crippen LogP contribution in [0.3, 0.4) is 0 Å². The Morgan fingerprint density at radius 1 is 1.24 bits per heavy atom. The third kappa shape index (κ3) is 2.15. The summed E-state index contributed by atoms with van der Waals surface area (Å²) in [5.74, 6) is 2.49. The van der Waals surface area contributed by atoms with E-state index in [1.165, 1.54) is 6.07 Å². The molecule has 17 heavy (non-hydrogen) atoms. The van der Waals surface area contributed by atoms with Crippen molar-refractivity contribution in [2.75, 3.05) is 6.54 Å². The second kappa shape index (κ2) is 4.99. The van der Waals surface area contributed by atoms with Gasteiger partial charge in [-0.25, -0.2) is 4.39 Å². The maximum atomic E-state index is 13.6. The second-order valence-electron chi connectivity index (χ2n) is 3.84. The summed E-state index contributed by atoms with van der Waals surface area (Å²) in [6.45, 7) is 2.77. The van der Waals surface area contributed by atoms with E-state index in [9.17, 15) is 4.39 Å². The molecule has 1 N–H and O–H groups in total. The van der Waals surface area contributed by atoms with Crippen molar-refractivity contribution in [1.82, 2.24) is 5.32 Å². The topological polar surface area (TPSA) is 12.0 Å². The highest BCUT2D eigenvalue weighted by molar-refractivity contribution is 5.87. The minimum atomic E-state index is -0.211. The van der Waals surface area contributed by atoms with Gasteiger partial charge >= 0.3 is 0 Å². The van der Waals surface area contributed by atoms with Gasteiger partial charge in [-0.1, -0.05) is 43.2 Å². The van der Waals surface area contributed by atoms with Crippen LogP contribution in [0.4, 0.5) is 4.39 Å². The van der Waals surface area contributed by atoms with Crippen molar-refractivity contribution in [1.29, 1.82) is 0 Å². The Morgan fingerprint density at radius 2 is 1.94 bits per heavy atom. The highest BCUT2D eigenvalue weighted by Gasteiger charge is 2.12. The van der Waals surface area contributed by atoms with Crippen LogP contribution in [-0.4, -0.2) is 6.54 Å². The molecule has 0 fully saturated rings. The van der Waals surface area contributed by atoms with Crippen molar-refractivity contribution in [3.05, 3.63) is 47.8 Å². The highest BCUT2D eigenvalue weighted by Crippen LogP contribution is 2.26. The molecule has 0 aliphatic carbocycles. The summed E-state index contributed by atoms with van der Waals surface area (Å²) in [6, 6.07) is 10.4. The summed E-state index contributed by atoms with van der Waals surface area (Å²) in [5.41, 5.74) is 0.950. The Labute approximate surface area is 101 Å². The van der Waals surface area contributed by atoms with Gasteiger partial charge in [-0.15, -0.1) is 6.42 Å². The fourth-order valence-corrected chi connectivity index (χ4v) is 2.00. The minimum absolute atomic E-state index is 0.175. The quantitative estimate of drug-likeness (QED) is 0.793. The number of nitrogens with one attached hydrogen (secondary N) is 1. The maximum Gasteiger partial charge on any atom is 0.131 e.